The number of aliphatic carboxylic acids is 1. The highest BCUT2D eigenvalue weighted by atomic mass is 19.4. The quantitative estimate of drug-likeness (QED) is 0.214. The lowest BCUT2D eigenvalue weighted by atomic mass is 9.98. The number of nitrogens with zero attached hydrogens (tertiary/aromatic N) is 1. The molecule has 0 spiro atoms. The Morgan fingerprint density at radius 3 is 2.34 bits per heavy atom. The van der Waals surface area contributed by atoms with Gasteiger partial charge in [-0.05, 0) is 60.7 Å². The van der Waals surface area contributed by atoms with Gasteiger partial charge >= 0.3 is 12.3 Å². The maximum atomic E-state index is 12.9. The standard InChI is InChI=1S/C29H31F3N4O5/c1-18-5-10-22(24(14-18)41-29(30,31)32)20-6-8-21(9-7-20)23(16-28(39)40)36-27(38)17-35-26(37)4-3-12-33-25-15-19(2)11-13-34-25/h5-11,13-15,23H,3-4,12,16-17H2,1-2H3,(H,33,34)(H,35,37)(H,36,38)(H,39,40)/t23-/m0/s1. The zero-order valence-electron chi connectivity index (χ0n) is 22.5. The van der Waals surface area contributed by atoms with Crippen LogP contribution in [0.1, 0.15) is 42.0 Å². The first-order chi connectivity index (χ1) is 19.4. The number of carboxylic acids is 1. The number of halogens is 3. The summed E-state index contributed by atoms with van der Waals surface area (Å²) in [6.45, 7) is 3.75. The van der Waals surface area contributed by atoms with E-state index in [1.165, 1.54) is 36.4 Å². The van der Waals surface area contributed by atoms with Crippen molar-refractivity contribution in [1.82, 2.24) is 15.6 Å². The zero-order valence-corrected chi connectivity index (χ0v) is 22.5. The fraction of sp³-hybridized carbons (Fsp3) is 0.310. The average Bonchev–Trinajstić information content (AvgIpc) is 2.89. The summed E-state index contributed by atoms with van der Waals surface area (Å²) in [6.07, 6.45) is -2.95. The van der Waals surface area contributed by atoms with Crippen molar-refractivity contribution >= 4 is 23.6 Å². The summed E-state index contributed by atoms with van der Waals surface area (Å²) in [5.41, 5.74) is 2.67. The number of anilines is 1. The molecule has 0 saturated heterocycles. The van der Waals surface area contributed by atoms with Crippen LogP contribution in [0.3, 0.4) is 0 Å². The lowest BCUT2D eigenvalue weighted by molar-refractivity contribution is -0.274. The largest absolute Gasteiger partial charge is 0.573 e. The van der Waals surface area contributed by atoms with Gasteiger partial charge in [0.15, 0.2) is 0 Å². The Kier molecular flexibility index (Phi) is 10.7. The van der Waals surface area contributed by atoms with Gasteiger partial charge in [-0.3, -0.25) is 14.4 Å². The first-order valence-corrected chi connectivity index (χ1v) is 12.8. The molecular weight excluding hydrogens is 541 g/mol. The van der Waals surface area contributed by atoms with E-state index in [1.807, 2.05) is 19.1 Å². The van der Waals surface area contributed by atoms with E-state index in [1.54, 1.807) is 19.2 Å². The van der Waals surface area contributed by atoms with Crippen molar-refractivity contribution in [3.8, 4) is 16.9 Å². The number of carboxylic acid groups (broad SMARTS) is 1. The van der Waals surface area contributed by atoms with Crippen molar-refractivity contribution in [2.75, 3.05) is 18.4 Å². The zero-order chi connectivity index (χ0) is 30.0. The molecule has 1 atom stereocenters. The van der Waals surface area contributed by atoms with Gasteiger partial charge in [0.2, 0.25) is 11.8 Å². The van der Waals surface area contributed by atoms with Gasteiger partial charge < -0.3 is 25.8 Å². The lowest BCUT2D eigenvalue weighted by Gasteiger charge is -2.19. The lowest BCUT2D eigenvalue weighted by Crippen LogP contribution is -2.39. The summed E-state index contributed by atoms with van der Waals surface area (Å²) in [5, 5.41) is 17.6. The second-order valence-electron chi connectivity index (χ2n) is 9.41. The van der Waals surface area contributed by atoms with Crippen molar-refractivity contribution in [3.63, 3.8) is 0 Å². The van der Waals surface area contributed by atoms with Crippen LogP contribution in [0.2, 0.25) is 0 Å². The number of hydrogen-bond acceptors (Lipinski definition) is 6. The number of carbonyl (C=O) groups is 3. The van der Waals surface area contributed by atoms with E-state index in [0.717, 1.165) is 5.56 Å². The average molecular weight is 573 g/mol. The van der Waals surface area contributed by atoms with Crippen molar-refractivity contribution in [2.24, 2.45) is 0 Å². The molecule has 0 saturated carbocycles. The summed E-state index contributed by atoms with van der Waals surface area (Å²) in [5.74, 6) is -1.75. The van der Waals surface area contributed by atoms with Gasteiger partial charge in [-0.1, -0.05) is 36.4 Å². The molecule has 1 heterocycles. The summed E-state index contributed by atoms with van der Waals surface area (Å²) in [6, 6.07) is 13.3. The van der Waals surface area contributed by atoms with Crippen LogP contribution in [0.25, 0.3) is 11.1 Å². The topological polar surface area (TPSA) is 130 Å². The number of nitrogens with one attached hydrogen (secondary N) is 3. The third-order valence-corrected chi connectivity index (χ3v) is 5.95. The fourth-order valence-corrected chi connectivity index (χ4v) is 4.01. The molecule has 4 N–H and O–H groups in total. The molecule has 0 unspecified atom stereocenters. The highest BCUT2D eigenvalue weighted by Crippen LogP contribution is 2.35. The van der Waals surface area contributed by atoms with Crippen LogP contribution < -0.4 is 20.7 Å². The van der Waals surface area contributed by atoms with Crippen LogP contribution in [0, 0.1) is 13.8 Å². The van der Waals surface area contributed by atoms with Gasteiger partial charge in [0.25, 0.3) is 0 Å². The molecule has 3 aromatic rings. The summed E-state index contributed by atoms with van der Waals surface area (Å²) in [7, 11) is 0. The molecule has 41 heavy (non-hydrogen) atoms. The second kappa shape index (κ2) is 14.1. The van der Waals surface area contributed by atoms with E-state index in [4.69, 9.17) is 0 Å². The highest BCUT2D eigenvalue weighted by Gasteiger charge is 2.32. The molecule has 2 aromatic carbocycles. The molecule has 0 aliphatic carbocycles. The number of carbonyl (C=O) groups excluding carboxylic acids is 2. The minimum Gasteiger partial charge on any atom is -0.481 e. The Hall–Kier alpha value is -4.61. The van der Waals surface area contributed by atoms with Crippen molar-refractivity contribution < 1.29 is 37.4 Å². The minimum atomic E-state index is -4.87. The van der Waals surface area contributed by atoms with Crippen molar-refractivity contribution in [1.29, 1.82) is 0 Å². The predicted octanol–water partition coefficient (Wildman–Crippen LogP) is 4.90. The van der Waals surface area contributed by atoms with E-state index < -0.39 is 30.7 Å². The second-order valence-corrected chi connectivity index (χ2v) is 9.41. The van der Waals surface area contributed by atoms with Crippen LogP contribution >= 0.6 is 0 Å². The minimum absolute atomic E-state index is 0.172. The fourth-order valence-electron chi connectivity index (χ4n) is 4.01. The van der Waals surface area contributed by atoms with Gasteiger partial charge in [0, 0.05) is 24.7 Å². The van der Waals surface area contributed by atoms with Crippen LogP contribution in [-0.2, 0) is 14.4 Å². The number of amides is 2. The number of aromatic nitrogens is 1. The number of alkyl halides is 3. The SMILES string of the molecule is Cc1ccnc(NCCCC(=O)NCC(=O)N[C@@H](CC(=O)O)c2ccc(-c3ccc(C)cc3OC(F)(F)F)cc2)c1. The van der Waals surface area contributed by atoms with Gasteiger partial charge in [0.1, 0.15) is 11.6 Å². The Morgan fingerprint density at radius 1 is 0.976 bits per heavy atom. The summed E-state index contributed by atoms with van der Waals surface area (Å²) < 4.78 is 42.9. The van der Waals surface area contributed by atoms with E-state index in [2.05, 4.69) is 25.7 Å². The number of hydrogen-bond donors (Lipinski definition) is 4. The molecule has 2 amide bonds. The van der Waals surface area contributed by atoms with Gasteiger partial charge in [-0.15, -0.1) is 13.2 Å². The van der Waals surface area contributed by atoms with Gasteiger partial charge in [0.05, 0.1) is 19.0 Å². The molecule has 0 radical (unpaired) electrons. The first-order valence-electron chi connectivity index (χ1n) is 12.8. The molecule has 1 aromatic heterocycles. The number of benzene rings is 2. The maximum Gasteiger partial charge on any atom is 0.573 e. The van der Waals surface area contributed by atoms with E-state index >= 15 is 0 Å². The first kappa shape index (κ1) is 30.9. The molecule has 0 fully saturated rings. The smallest absolute Gasteiger partial charge is 0.481 e. The Balaban J connectivity index is 1.56. The number of aryl methyl sites for hydroxylation is 2. The molecule has 0 bridgehead atoms. The van der Waals surface area contributed by atoms with Crippen LogP contribution in [0.5, 0.6) is 5.75 Å². The summed E-state index contributed by atoms with van der Waals surface area (Å²) in [4.78, 5) is 40.3. The Labute approximate surface area is 235 Å². The van der Waals surface area contributed by atoms with E-state index in [9.17, 15) is 32.7 Å². The molecule has 218 valence electrons. The van der Waals surface area contributed by atoms with Crippen molar-refractivity contribution in [2.45, 2.75) is 45.5 Å². The number of ether oxygens (including phenoxy) is 1. The molecule has 12 heteroatoms. The molecule has 0 aliphatic rings. The molecular formula is C29H31F3N4O5. The van der Waals surface area contributed by atoms with Crippen LogP contribution in [0.4, 0.5) is 19.0 Å². The molecule has 0 aliphatic heterocycles. The van der Waals surface area contributed by atoms with Crippen LogP contribution in [0.15, 0.2) is 60.8 Å². The maximum absolute atomic E-state index is 12.9. The van der Waals surface area contributed by atoms with Crippen LogP contribution in [-0.4, -0.2) is 47.3 Å². The van der Waals surface area contributed by atoms with E-state index in [0.29, 0.717) is 35.5 Å². The predicted molar refractivity (Wildman–Crippen MR) is 146 cm³/mol. The highest BCUT2D eigenvalue weighted by molar-refractivity contribution is 5.85. The van der Waals surface area contributed by atoms with Gasteiger partial charge in [-0.25, -0.2) is 4.98 Å². The number of rotatable bonds is 13. The van der Waals surface area contributed by atoms with Crippen molar-refractivity contribution in [3.05, 3.63) is 77.5 Å². The third-order valence-electron chi connectivity index (χ3n) is 5.95. The summed E-state index contributed by atoms with van der Waals surface area (Å²) >= 11 is 0. The monoisotopic (exact) mass is 572 g/mol. The Bertz CT molecular complexity index is 1360. The van der Waals surface area contributed by atoms with E-state index in [-0.39, 0.29) is 30.2 Å². The number of pyridine rings is 1. The van der Waals surface area contributed by atoms with Gasteiger partial charge in [-0.2, -0.15) is 0 Å². The molecule has 9 nitrogen and oxygen atoms in total. The normalized spacial score (nSPS) is 11.8. The third kappa shape index (κ3) is 10.5. The molecule has 3 rings (SSSR count). The Morgan fingerprint density at radius 2 is 1.68 bits per heavy atom.